The first kappa shape index (κ1) is 18.0. The van der Waals surface area contributed by atoms with Gasteiger partial charge in [0.2, 0.25) is 0 Å². The van der Waals surface area contributed by atoms with Gasteiger partial charge >= 0.3 is 0 Å². The summed E-state index contributed by atoms with van der Waals surface area (Å²) in [5.41, 5.74) is 3.44. The number of aliphatic imine (C=N–C) groups is 1. The van der Waals surface area contributed by atoms with Gasteiger partial charge in [-0.3, -0.25) is 4.99 Å². The quantitative estimate of drug-likeness (QED) is 0.436. The number of ether oxygens (including phenoxy) is 1. The molecule has 1 spiro atoms. The number of benzene rings is 1. The van der Waals surface area contributed by atoms with Gasteiger partial charge in [0.1, 0.15) is 0 Å². The summed E-state index contributed by atoms with van der Waals surface area (Å²) in [4.78, 5) is 6.96. The molecule has 3 aliphatic rings. The molecule has 1 N–H and O–H groups in total. The molecular formula is C19H28IN3O. The lowest BCUT2D eigenvalue weighted by molar-refractivity contribution is 0.156. The van der Waals surface area contributed by atoms with Crippen molar-refractivity contribution in [3.8, 4) is 0 Å². The van der Waals surface area contributed by atoms with Gasteiger partial charge in [-0.1, -0.05) is 24.3 Å². The minimum atomic E-state index is 0. The van der Waals surface area contributed by atoms with Crippen molar-refractivity contribution >= 4 is 29.9 Å². The number of nitrogens with one attached hydrogen (secondary N) is 1. The summed E-state index contributed by atoms with van der Waals surface area (Å²) in [5.74, 6) is 1.69. The second-order valence-electron chi connectivity index (χ2n) is 7.34. The highest BCUT2D eigenvalue weighted by atomic mass is 127. The highest BCUT2D eigenvalue weighted by Crippen LogP contribution is 2.38. The third-order valence-electron chi connectivity index (χ3n) is 5.90. The van der Waals surface area contributed by atoms with Crippen molar-refractivity contribution in [2.24, 2.45) is 10.4 Å². The van der Waals surface area contributed by atoms with Crippen LogP contribution in [0.15, 0.2) is 29.3 Å². The van der Waals surface area contributed by atoms with E-state index in [1.54, 1.807) is 0 Å². The van der Waals surface area contributed by atoms with Crippen LogP contribution in [0.3, 0.4) is 0 Å². The monoisotopic (exact) mass is 441 g/mol. The Morgan fingerprint density at radius 1 is 1.38 bits per heavy atom. The van der Waals surface area contributed by atoms with Gasteiger partial charge < -0.3 is 15.0 Å². The van der Waals surface area contributed by atoms with Gasteiger partial charge in [-0.25, -0.2) is 0 Å². The van der Waals surface area contributed by atoms with Gasteiger partial charge in [-0.15, -0.1) is 24.0 Å². The molecule has 2 fully saturated rings. The minimum absolute atomic E-state index is 0. The molecule has 0 radical (unpaired) electrons. The lowest BCUT2D eigenvalue weighted by Crippen LogP contribution is -2.42. The molecular weight excluding hydrogens is 413 g/mol. The highest BCUT2D eigenvalue weighted by molar-refractivity contribution is 14.0. The van der Waals surface area contributed by atoms with E-state index in [4.69, 9.17) is 4.74 Å². The van der Waals surface area contributed by atoms with E-state index in [1.165, 1.54) is 36.8 Å². The zero-order chi connectivity index (χ0) is 15.7. The Morgan fingerprint density at radius 2 is 2.25 bits per heavy atom. The number of fused-ring (bicyclic) bond motifs is 1. The molecule has 2 saturated heterocycles. The molecule has 2 heterocycles. The smallest absolute Gasteiger partial charge is 0.193 e. The maximum absolute atomic E-state index is 5.64. The van der Waals surface area contributed by atoms with Gasteiger partial charge in [0.15, 0.2) is 5.96 Å². The summed E-state index contributed by atoms with van der Waals surface area (Å²) >= 11 is 0. The summed E-state index contributed by atoms with van der Waals surface area (Å²) in [6, 6.07) is 8.88. The third kappa shape index (κ3) is 3.43. The molecule has 4 nitrogen and oxygen atoms in total. The van der Waals surface area contributed by atoms with Gasteiger partial charge in [0, 0.05) is 44.6 Å². The summed E-state index contributed by atoms with van der Waals surface area (Å²) < 4.78 is 5.64. The van der Waals surface area contributed by atoms with Crippen molar-refractivity contribution in [1.82, 2.24) is 10.2 Å². The molecule has 5 heteroatoms. The van der Waals surface area contributed by atoms with E-state index in [9.17, 15) is 0 Å². The summed E-state index contributed by atoms with van der Waals surface area (Å²) in [7, 11) is 1.90. The number of guanidine groups is 1. The number of rotatable bonds is 2. The zero-order valence-electron chi connectivity index (χ0n) is 14.5. The first-order valence-corrected chi connectivity index (χ1v) is 8.91. The van der Waals surface area contributed by atoms with Gasteiger partial charge in [-0.05, 0) is 36.8 Å². The predicted octanol–water partition coefficient (Wildman–Crippen LogP) is 3.02. The lowest BCUT2D eigenvalue weighted by Gasteiger charge is -2.26. The van der Waals surface area contributed by atoms with Crippen LogP contribution in [0.2, 0.25) is 0 Å². The SMILES string of the molecule is CN=C(NCC1CCc2ccccc21)N1CCC2(CCOC2)C1.I. The Hall–Kier alpha value is -0.820. The van der Waals surface area contributed by atoms with Crippen LogP contribution in [0, 0.1) is 5.41 Å². The molecule has 132 valence electrons. The Labute approximate surface area is 162 Å². The second-order valence-corrected chi connectivity index (χ2v) is 7.34. The fraction of sp³-hybridized carbons (Fsp3) is 0.632. The van der Waals surface area contributed by atoms with Crippen molar-refractivity contribution in [2.75, 3.05) is 39.9 Å². The molecule has 0 saturated carbocycles. The minimum Gasteiger partial charge on any atom is -0.381 e. The van der Waals surface area contributed by atoms with E-state index in [0.717, 1.165) is 38.8 Å². The predicted molar refractivity (Wildman–Crippen MR) is 108 cm³/mol. The van der Waals surface area contributed by atoms with E-state index < -0.39 is 0 Å². The molecule has 2 atom stereocenters. The van der Waals surface area contributed by atoms with Crippen LogP contribution in [0.5, 0.6) is 0 Å². The molecule has 0 amide bonds. The van der Waals surface area contributed by atoms with Crippen molar-refractivity contribution < 1.29 is 4.74 Å². The van der Waals surface area contributed by atoms with Crippen LogP contribution < -0.4 is 5.32 Å². The highest BCUT2D eigenvalue weighted by Gasteiger charge is 2.42. The van der Waals surface area contributed by atoms with Crippen LogP contribution in [-0.4, -0.2) is 50.8 Å². The van der Waals surface area contributed by atoms with E-state index in [-0.39, 0.29) is 24.0 Å². The van der Waals surface area contributed by atoms with Gasteiger partial charge in [0.25, 0.3) is 0 Å². The molecule has 0 aromatic heterocycles. The summed E-state index contributed by atoms with van der Waals surface area (Å²) in [6.45, 7) is 5.04. The average molecular weight is 441 g/mol. The van der Waals surface area contributed by atoms with E-state index in [1.807, 2.05) is 7.05 Å². The first-order valence-electron chi connectivity index (χ1n) is 8.91. The van der Waals surface area contributed by atoms with Crippen molar-refractivity contribution in [3.05, 3.63) is 35.4 Å². The van der Waals surface area contributed by atoms with Crippen LogP contribution >= 0.6 is 24.0 Å². The van der Waals surface area contributed by atoms with Crippen LogP contribution in [0.1, 0.15) is 36.3 Å². The number of halogens is 1. The normalized spacial score (nSPS) is 29.0. The number of hydrogen-bond donors (Lipinski definition) is 1. The molecule has 2 aliphatic heterocycles. The molecule has 1 aliphatic carbocycles. The number of likely N-dealkylation sites (tertiary alicyclic amines) is 1. The Kier molecular flexibility index (Phi) is 5.70. The Bertz CT molecular complexity index is 598. The maximum atomic E-state index is 5.64. The van der Waals surface area contributed by atoms with Crippen LogP contribution in [0.25, 0.3) is 0 Å². The van der Waals surface area contributed by atoms with Crippen molar-refractivity contribution in [2.45, 2.75) is 31.6 Å². The molecule has 4 rings (SSSR count). The second kappa shape index (κ2) is 7.60. The Balaban J connectivity index is 0.00000169. The van der Waals surface area contributed by atoms with Crippen LogP contribution in [-0.2, 0) is 11.2 Å². The number of nitrogens with zero attached hydrogens (tertiary/aromatic N) is 2. The van der Waals surface area contributed by atoms with Crippen LogP contribution in [0.4, 0.5) is 0 Å². The fourth-order valence-corrected chi connectivity index (χ4v) is 4.49. The number of aryl methyl sites for hydroxylation is 1. The van der Waals surface area contributed by atoms with Gasteiger partial charge in [0.05, 0.1) is 6.61 Å². The molecule has 0 bridgehead atoms. The molecule has 24 heavy (non-hydrogen) atoms. The van der Waals surface area contributed by atoms with Crippen molar-refractivity contribution in [1.29, 1.82) is 0 Å². The van der Waals surface area contributed by atoms with E-state index in [0.29, 0.717) is 11.3 Å². The summed E-state index contributed by atoms with van der Waals surface area (Å²) in [6.07, 6.45) is 4.91. The third-order valence-corrected chi connectivity index (χ3v) is 5.90. The Morgan fingerprint density at radius 3 is 3.04 bits per heavy atom. The first-order chi connectivity index (χ1) is 11.3. The van der Waals surface area contributed by atoms with Gasteiger partial charge in [-0.2, -0.15) is 0 Å². The summed E-state index contributed by atoms with van der Waals surface area (Å²) in [5, 5.41) is 3.64. The molecule has 2 unspecified atom stereocenters. The zero-order valence-corrected chi connectivity index (χ0v) is 16.8. The van der Waals surface area contributed by atoms with E-state index >= 15 is 0 Å². The number of hydrogen-bond acceptors (Lipinski definition) is 2. The topological polar surface area (TPSA) is 36.9 Å². The standard InChI is InChI=1S/C19H27N3O.HI/c1-20-18(22-10-8-19(13-22)9-11-23-14-19)21-12-16-7-6-15-4-2-3-5-17(15)16;/h2-5,16H,6-14H2,1H3,(H,20,21);1H. The lowest BCUT2D eigenvalue weighted by atomic mass is 9.87. The largest absolute Gasteiger partial charge is 0.381 e. The van der Waals surface area contributed by atoms with Crippen molar-refractivity contribution in [3.63, 3.8) is 0 Å². The average Bonchev–Trinajstić information content (AvgIpc) is 3.30. The van der Waals surface area contributed by atoms with E-state index in [2.05, 4.69) is 39.5 Å². The molecule has 1 aromatic carbocycles. The molecule has 1 aromatic rings. The fourth-order valence-electron chi connectivity index (χ4n) is 4.49. The maximum Gasteiger partial charge on any atom is 0.193 e.